The number of halogens is 3. The van der Waals surface area contributed by atoms with Crippen molar-refractivity contribution in [1.29, 1.82) is 0 Å². The van der Waals surface area contributed by atoms with Crippen LogP contribution in [0.4, 0.5) is 13.2 Å². The van der Waals surface area contributed by atoms with E-state index in [9.17, 15) is 28.2 Å². The molecule has 41 heavy (non-hydrogen) atoms. The van der Waals surface area contributed by atoms with E-state index in [-0.39, 0.29) is 24.1 Å². The first-order chi connectivity index (χ1) is 19.2. The van der Waals surface area contributed by atoms with Crippen LogP contribution in [0.15, 0.2) is 77.4 Å². The predicted octanol–water partition coefficient (Wildman–Crippen LogP) is 7.13. The molecule has 1 rings (SSSR count). The number of rotatable bonds is 13. The molecule has 232 valence electrons. The van der Waals surface area contributed by atoms with Gasteiger partial charge in [0.1, 0.15) is 11.9 Å². The van der Waals surface area contributed by atoms with Gasteiger partial charge in [-0.15, -0.1) is 13.2 Å². The molecule has 1 aromatic rings. The minimum absolute atomic E-state index is 0.157. The van der Waals surface area contributed by atoms with Crippen LogP contribution in [0.3, 0.4) is 0 Å². The van der Waals surface area contributed by atoms with E-state index < -0.39 is 19.1 Å². The first-order valence-corrected chi connectivity index (χ1v) is 13.8. The van der Waals surface area contributed by atoms with Crippen molar-refractivity contribution in [2.75, 3.05) is 20.2 Å². The Labute approximate surface area is 244 Å². The first-order valence-electron chi connectivity index (χ1n) is 13.8. The van der Waals surface area contributed by atoms with Crippen molar-refractivity contribution in [3.63, 3.8) is 0 Å². The van der Waals surface area contributed by atoms with Gasteiger partial charge in [-0.2, -0.15) is 0 Å². The largest absolute Gasteiger partial charge is 0.573 e. The Balaban J connectivity index is 0. The lowest BCUT2D eigenvalue weighted by molar-refractivity contribution is -0.274. The van der Waals surface area contributed by atoms with Gasteiger partial charge in [0, 0.05) is 12.6 Å². The van der Waals surface area contributed by atoms with Crippen molar-refractivity contribution in [3.8, 4) is 5.75 Å². The van der Waals surface area contributed by atoms with Crippen LogP contribution in [-0.2, 0) is 4.79 Å². The Hall–Kier alpha value is -3.17. The number of amides is 1. The summed E-state index contributed by atoms with van der Waals surface area (Å²) in [4.78, 5) is 15.9. The highest BCUT2D eigenvalue weighted by molar-refractivity contribution is 6.08. The van der Waals surface area contributed by atoms with E-state index in [0.29, 0.717) is 22.8 Å². The molecule has 0 bridgehead atoms. The zero-order valence-electron chi connectivity index (χ0n) is 25.8. The summed E-state index contributed by atoms with van der Waals surface area (Å²) in [5.41, 5.74) is 3.58. The lowest BCUT2D eigenvalue weighted by atomic mass is 9.85. The van der Waals surface area contributed by atoms with Crippen molar-refractivity contribution >= 4 is 11.6 Å². The summed E-state index contributed by atoms with van der Waals surface area (Å²) in [6, 6.07) is 5.67. The third-order valence-electron chi connectivity index (χ3n) is 6.03. The number of alkyl halides is 3. The van der Waals surface area contributed by atoms with Gasteiger partial charge in [-0.05, 0) is 54.5 Å². The van der Waals surface area contributed by atoms with Crippen molar-refractivity contribution in [3.05, 3.63) is 77.9 Å². The molecule has 0 spiro atoms. The Bertz CT molecular complexity index is 1010. The molecule has 0 heterocycles. The number of hydrogen-bond donors (Lipinski definition) is 3. The van der Waals surface area contributed by atoms with Crippen molar-refractivity contribution in [1.82, 2.24) is 5.32 Å². The van der Waals surface area contributed by atoms with Crippen molar-refractivity contribution < 1.29 is 32.9 Å². The van der Waals surface area contributed by atoms with Gasteiger partial charge in [0.2, 0.25) is 5.91 Å². The molecule has 0 aliphatic rings. The zero-order valence-corrected chi connectivity index (χ0v) is 25.8. The lowest BCUT2D eigenvalue weighted by Crippen LogP contribution is -2.31. The summed E-state index contributed by atoms with van der Waals surface area (Å²) in [6.07, 6.45) is 1.22. The molecule has 0 fully saturated rings. The van der Waals surface area contributed by atoms with Crippen LogP contribution in [-0.4, -0.2) is 54.5 Å². The van der Waals surface area contributed by atoms with Crippen LogP contribution in [0.2, 0.25) is 0 Å². The van der Waals surface area contributed by atoms with Gasteiger partial charge in [-0.25, -0.2) is 0 Å². The third kappa shape index (κ3) is 16.6. The number of allylic oxidation sites excluding steroid dienone is 2. The second-order valence-electron chi connectivity index (χ2n) is 9.06. The highest BCUT2D eigenvalue weighted by Gasteiger charge is 2.30. The Morgan fingerprint density at radius 1 is 1.15 bits per heavy atom. The monoisotopic (exact) mass is 582 g/mol. The standard InChI is InChI=1S/C22H36N2O3.C8H7F3O.C2H6/c1-8-15(4)11-12-18(20(26)14-25)22(17(6)16(5)9-2)19(23-7)13-24-21(27)10-3;1-6-2-4-7(5-3-6)12-8(9,10)11;1-2/h10-12,15-16,20,25-26H,3,6,8-9,13-14H2,1-2,4-5,7H3,(H,24,27);2-5H,1H3;1-2H3/b12-11-,22-18-,23-19?;;. The maximum Gasteiger partial charge on any atom is 0.573 e. The van der Waals surface area contributed by atoms with E-state index in [0.717, 1.165) is 24.0 Å². The SMILES string of the molecule is C=CC(=O)NCC(=NC)/C(C(=C)C(C)CC)=C(/C=C\C(C)CC)C(O)CO.CC.Cc1ccc(OC(F)(F)F)cc1. The van der Waals surface area contributed by atoms with Crippen LogP contribution < -0.4 is 10.1 Å². The van der Waals surface area contributed by atoms with E-state index in [1.165, 1.54) is 18.2 Å². The molecule has 0 saturated heterocycles. The molecule has 1 amide bonds. The fourth-order valence-electron chi connectivity index (χ4n) is 3.16. The number of benzene rings is 1. The molecule has 0 radical (unpaired) electrons. The number of hydrogen-bond acceptors (Lipinski definition) is 5. The normalized spacial score (nSPS) is 14.3. The summed E-state index contributed by atoms with van der Waals surface area (Å²) in [6.45, 7) is 21.5. The summed E-state index contributed by atoms with van der Waals surface area (Å²) in [5, 5.41) is 22.8. The summed E-state index contributed by atoms with van der Waals surface area (Å²) < 4.78 is 38.5. The van der Waals surface area contributed by atoms with E-state index in [1.807, 2.05) is 26.0 Å². The fraction of sp³-hybridized carbons (Fsp3) is 0.500. The van der Waals surface area contributed by atoms with Crippen LogP contribution in [0.25, 0.3) is 0 Å². The molecule has 3 unspecified atom stereocenters. The summed E-state index contributed by atoms with van der Waals surface area (Å²) >= 11 is 0. The van der Waals surface area contributed by atoms with Crippen molar-refractivity contribution in [2.24, 2.45) is 16.8 Å². The maximum absolute atomic E-state index is 11.6. The minimum Gasteiger partial charge on any atom is -0.406 e. The lowest BCUT2D eigenvalue weighted by Gasteiger charge is -2.24. The van der Waals surface area contributed by atoms with Crippen LogP contribution in [0.5, 0.6) is 5.75 Å². The van der Waals surface area contributed by atoms with Gasteiger partial charge in [-0.3, -0.25) is 9.79 Å². The number of aliphatic hydroxyl groups is 2. The smallest absolute Gasteiger partial charge is 0.406 e. The van der Waals surface area contributed by atoms with Crippen LogP contribution in [0, 0.1) is 18.8 Å². The van der Waals surface area contributed by atoms with Crippen LogP contribution in [0.1, 0.15) is 59.9 Å². The second kappa shape index (κ2) is 21.6. The van der Waals surface area contributed by atoms with Gasteiger partial charge in [-0.1, -0.05) is 91.0 Å². The molecular formula is C32H49F3N2O4. The number of nitrogens with zero attached hydrogens (tertiary/aromatic N) is 1. The molecule has 0 saturated carbocycles. The zero-order chi connectivity index (χ0) is 32.2. The average Bonchev–Trinajstić information content (AvgIpc) is 2.96. The number of aliphatic hydroxyl groups excluding tert-OH is 2. The molecule has 9 heteroatoms. The molecule has 1 aromatic carbocycles. The number of carbonyl (C=O) groups is 1. The third-order valence-corrected chi connectivity index (χ3v) is 6.03. The number of carbonyl (C=O) groups excluding carboxylic acids is 1. The van der Waals surface area contributed by atoms with Crippen LogP contribution >= 0.6 is 0 Å². The maximum atomic E-state index is 11.6. The molecule has 3 N–H and O–H groups in total. The van der Waals surface area contributed by atoms with Gasteiger partial charge in [0.15, 0.2) is 0 Å². The van der Waals surface area contributed by atoms with E-state index in [1.54, 1.807) is 26.1 Å². The van der Waals surface area contributed by atoms with Gasteiger partial charge in [0.05, 0.1) is 18.9 Å². The first kappa shape index (κ1) is 40.0. The van der Waals surface area contributed by atoms with E-state index in [4.69, 9.17) is 0 Å². The molecule has 6 nitrogen and oxygen atoms in total. The summed E-state index contributed by atoms with van der Waals surface area (Å²) in [7, 11) is 1.64. The number of aryl methyl sites for hydroxylation is 1. The second-order valence-corrected chi connectivity index (χ2v) is 9.06. The molecule has 0 aliphatic carbocycles. The molecule has 0 aromatic heterocycles. The highest BCUT2D eigenvalue weighted by Crippen LogP contribution is 2.28. The predicted molar refractivity (Wildman–Crippen MR) is 163 cm³/mol. The van der Waals surface area contributed by atoms with E-state index in [2.05, 4.69) is 55.9 Å². The quantitative estimate of drug-likeness (QED) is 0.131. The van der Waals surface area contributed by atoms with Crippen molar-refractivity contribution in [2.45, 2.75) is 73.8 Å². The molecule has 3 atom stereocenters. The topological polar surface area (TPSA) is 91.2 Å². The number of ether oxygens (including phenoxy) is 1. The Kier molecular flexibility index (Phi) is 21.0. The number of aliphatic imine (C=N–C) groups is 1. The highest BCUT2D eigenvalue weighted by atomic mass is 19.4. The fourth-order valence-corrected chi connectivity index (χ4v) is 3.16. The van der Waals surface area contributed by atoms with E-state index >= 15 is 0 Å². The van der Waals surface area contributed by atoms with Gasteiger partial charge >= 0.3 is 6.36 Å². The molecular weight excluding hydrogens is 533 g/mol. The summed E-state index contributed by atoms with van der Waals surface area (Å²) in [5.74, 6) is -0.00612. The molecule has 0 aliphatic heterocycles. The minimum atomic E-state index is -4.60. The number of nitrogens with one attached hydrogen (secondary N) is 1. The van der Waals surface area contributed by atoms with Gasteiger partial charge in [0.25, 0.3) is 0 Å². The Morgan fingerprint density at radius 3 is 2.12 bits per heavy atom. The van der Waals surface area contributed by atoms with Gasteiger partial charge < -0.3 is 20.3 Å². The Morgan fingerprint density at radius 2 is 1.71 bits per heavy atom. The average molecular weight is 583 g/mol.